The monoisotopic (exact) mass is 316 g/mol. The molecule has 2 N–H and O–H groups in total. The molecule has 3 rings (SSSR count). The van der Waals surface area contributed by atoms with Gasteiger partial charge in [-0.2, -0.15) is 10.6 Å². The Bertz CT molecular complexity index is 748. The molecule has 1 aliphatic rings. The first-order valence-electron chi connectivity index (χ1n) is 6.77. The molecule has 2 aromatic rings. The summed E-state index contributed by atoms with van der Waals surface area (Å²) < 4.78 is 25.0. The van der Waals surface area contributed by atoms with Gasteiger partial charge in [0.2, 0.25) is 0 Å². The maximum atomic E-state index is 11.5. The fraction of sp³-hybridized carbons (Fsp3) is 0.118. The van der Waals surface area contributed by atoms with Crippen molar-refractivity contribution in [1.82, 2.24) is 0 Å². The largest absolute Gasteiger partial charge is 0.465 e. The van der Waals surface area contributed by atoms with E-state index in [0.717, 1.165) is 16.7 Å². The normalized spacial score (nSPS) is 17.1. The first-order valence-corrected chi connectivity index (χ1v) is 8.49. The van der Waals surface area contributed by atoms with Crippen molar-refractivity contribution in [2.75, 3.05) is 12.9 Å². The average molecular weight is 316 g/mol. The number of esters is 1. The van der Waals surface area contributed by atoms with Gasteiger partial charge < -0.3 is 4.74 Å². The predicted molar refractivity (Wildman–Crippen MR) is 87.3 cm³/mol. The van der Waals surface area contributed by atoms with Crippen molar-refractivity contribution in [3.8, 4) is 0 Å². The van der Waals surface area contributed by atoms with Crippen molar-refractivity contribution < 1.29 is 18.6 Å². The lowest BCUT2D eigenvalue weighted by molar-refractivity contribution is 0.0600. The van der Waals surface area contributed by atoms with E-state index in [-0.39, 0.29) is 11.7 Å². The Morgan fingerprint density at radius 2 is 1.77 bits per heavy atom. The molecule has 4 nitrogen and oxygen atoms in total. The molecular weight excluding hydrogens is 300 g/mol. The molecule has 1 aliphatic heterocycles. The quantitative estimate of drug-likeness (QED) is 0.821. The molecule has 0 aliphatic carbocycles. The SMILES string of the molecule is COC(=O)c1ccc(C2=CCS(O)(O)c3ccccc32)cc1. The highest BCUT2D eigenvalue weighted by Gasteiger charge is 2.25. The van der Waals surface area contributed by atoms with Crippen LogP contribution in [0.25, 0.3) is 5.57 Å². The molecule has 22 heavy (non-hydrogen) atoms. The standard InChI is InChI=1S/C17H16O4S/c1-21-17(18)13-8-6-12(7-9-13)14-10-11-22(19,20)16-5-3-2-4-15(14)16/h2-10,19-20H,11H2,1H3. The van der Waals surface area contributed by atoms with Gasteiger partial charge in [0.05, 0.1) is 23.3 Å². The van der Waals surface area contributed by atoms with Crippen LogP contribution in [-0.4, -0.2) is 27.9 Å². The van der Waals surface area contributed by atoms with Gasteiger partial charge >= 0.3 is 5.97 Å². The molecule has 0 atom stereocenters. The van der Waals surface area contributed by atoms with Crippen LogP contribution in [0.5, 0.6) is 0 Å². The summed E-state index contributed by atoms with van der Waals surface area (Å²) in [5.74, 6) is -0.170. The van der Waals surface area contributed by atoms with Crippen LogP contribution in [0, 0.1) is 0 Å². The van der Waals surface area contributed by atoms with Crippen molar-refractivity contribution in [3.63, 3.8) is 0 Å². The number of hydrogen-bond donors (Lipinski definition) is 2. The number of benzene rings is 2. The lowest BCUT2D eigenvalue weighted by atomic mass is 9.96. The van der Waals surface area contributed by atoms with Gasteiger partial charge in [0.25, 0.3) is 0 Å². The summed E-state index contributed by atoms with van der Waals surface area (Å²) in [5.41, 5.74) is 3.17. The first kappa shape index (κ1) is 14.8. The lowest BCUT2D eigenvalue weighted by Gasteiger charge is -2.37. The topological polar surface area (TPSA) is 66.8 Å². The Labute approximate surface area is 130 Å². The zero-order valence-electron chi connectivity index (χ0n) is 12.0. The van der Waals surface area contributed by atoms with E-state index in [1.54, 1.807) is 24.3 Å². The van der Waals surface area contributed by atoms with Crippen LogP contribution < -0.4 is 0 Å². The number of carbonyl (C=O) groups excluding carboxylic acids is 1. The highest BCUT2D eigenvalue weighted by molar-refractivity contribution is 8.24. The maximum absolute atomic E-state index is 11.5. The van der Waals surface area contributed by atoms with Crippen LogP contribution in [0.3, 0.4) is 0 Å². The van der Waals surface area contributed by atoms with Crippen LogP contribution in [0.1, 0.15) is 21.5 Å². The summed E-state index contributed by atoms with van der Waals surface area (Å²) in [4.78, 5) is 12.1. The fourth-order valence-electron chi connectivity index (χ4n) is 2.55. The van der Waals surface area contributed by atoms with E-state index in [9.17, 15) is 13.9 Å². The van der Waals surface area contributed by atoms with Gasteiger partial charge in [-0.05, 0) is 29.3 Å². The van der Waals surface area contributed by atoms with Gasteiger partial charge in [-0.25, -0.2) is 4.79 Å². The number of carbonyl (C=O) groups is 1. The van der Waals surface area contributed by atoms with Gasteiger partial charge in [0.1, 0.15) is 0 Å². The highest BCUT2D eigenvalue weighted by atomic mass is 32.3. The molecule has 0 fully saturated rings. The lowest BCUT2D eigenvalue weighted by Crippen LogP contribution is -2.10. The molecule has 0 bridgehead atoms. The van der Waals surface area contributed by atoms with Crippen molar-refractivity contribution in [3.05, 3.63) is 71.3 Å². The minimum Gasteiger partial charge on any atom is -0.465 e. The number of methoxy groups -OCH3 is 1. The second-order valence-electron chi connectivity index (χ2n) is 5.02. The summed E-state index contributed by atoms with van der Waals surface area (Å²) in [5, 5.41) is 0. The molecule has 0 spiro atoms. The minimum absolute atomic E-state index is 0.206. The summed E-state index contributed by atoms with van der Waals surface area (Å²) >= 11 is 0. The molecular formula is C17H16O4S. The van der Waals surface area contributed by atoms with Gasteiger partial charge in [-0.3, -0.25) is 9.11 Å². The third kappa shape index (κ3) is 2.54. The number of fused-ring (bicyclic) bond motifs is 1. The third-order valence-electron chi connectivity index (χ3n) is 3.67. The van der Waals surface area contributed by atoms with Crippen LogP contribution in [0.15, 0.2) is 59.5 Å². The van der Waals surface area contributed by atoms with Crippen LogP contribution >= 0.6 is 10.6 Å². The van der Waals surface area contributed by atoms with Crippen molar-refractivity contribution in [2.24, 2.45) is 0 Å². The molecule has 1 heterocycles. The number of rotatable bonds is 2. The Hall–Kier alpha value is -2.08. The molecule has 0 aromatic heterocycles. The molecule has 0 unspecified atom stereocenters. The molecule has 0 saturated carbocycles. The first-order chi connectivity index (χ1) is 10.5. The third-order valence-corrected chi connectivity index (χ3v) is 5.36. The van der Waals surface area contributed by atoms with E-state index in [0.29, 0.717) is 10.5 Å². The second-order valence-corrected chi connectivity index (χ2v) is 7.12. The van der Waals surface area contributed by atoms with Crippen LogP contribution in [-0.2, 0) is 4.74 Å². The van der Waals surface area contributed by atoms with Crippen molar-refractivity contribution in [1.29, 1.82) is 0 Å². The summed E-state index contributed by atoms with van der Waals surface area (Å²) in [7, 11) is -1.41. The molecule has 0 saturated heterocycles. The number of hydrogen-bond acceptors (Lipinski definition) is 4. The van der Waals surface area contributed by atoms with Crippen molar-refractivity contribution >= 4 is 22.1 Å². The fourth-order valence-corrected chi connectivity index (χ4v) is 3.96. The zero-order chi connectivity index (χ0) is 15.7. The van der Waals surface area contributed by atoms with Gasteiger partial charge in [0, 0.05) is 5.56 Å². The Kier molecular flexibility index (Phi) is 3.78. The van der Waals surface area contributed by atoms with Crippen molar-refractivity contribution in [2.45, 2.75) is 4.90 Å². The highest BCUT2D eigenvalue weighted by Crippen LogP contribution is 2.54. The van der Waals surface area contributed by atoms with E-state index < -0.39 is 10.6 Å². The van der Waals surface area contributed by atoms with E-state index in [2.05, 4.69) is 4.74 Å². The Balaban J connectivity index is 2.03. The molecule has 2 aromatic carbocycles. The maximum Gasteiger partial charge on any atom is 0.337 e. The van der Waals surface area contributed by atoms with Crippen LogP contribution in [0.4, 0.5) is 0 Å². The van der Waals surface area contributed by atoms with E-state index in [1.165, 1.54) is 7.11 Å². The Morgan fingerprint density at radius 3 is 2.45 bits per heavy atom. The number of ether oxygens (including phenoxy) is 1. The molecule has 114 valence electrons. The van der Waals surface area contributed by atoms with Gasteiger partial charge in [-0.15, -0.1) is 0 Å². The second kappa shape index (κ2) is 5.61. The molecule has 0 radical (unpaired) electrons. The minimum atomic E-state index is -2.76. The zero-order valence-corrected chi connectivity index (χ0v) is 12.8. The predicted octanol–water partition coefficient (Wildman–Crippen LogP) is 4.03. The van der Waals surface area contributed by atoms with Gasteiger partial charge in [-0.1, -0.05) is 36.4 Å². The Morgan fingerprint density at radius 1 is 1.09 bits per heavy atom. The summed E-state index contributed by atoms with van der Waals surface area (Å²) in [6.45, 7) is 0. The van der Waals surface area contributed by atoms with E-state index >= 15 is 0 Å². The van der Waals surface area contributed by atoms with Gasteiger partial charge in [0.15, 0.2) is 0 Å². The average Bonchev–Trinajstić information content (AvgIpc) is 2.55. The smallest absolute Gasteiger partial charge is 0.337 e. The van der Waals surface area contributed by atoms with E-state index in [4.69, 9.17) is 0 Å². The van der Waals surface area contributed by atoms with E-state index in [1.807, 2.05) is 30.3 Å². The molecule has 0 amide bonds. The summed E-state index contributed by atoms with van der Waals surface area (Å²) in [6, 6.07) is 14.4. The van der Waals surface area contributed by atoms with Crippen LogP contribution in [0.2, 0.25) is 0 Å². The molecule has 5 heteroatoms. The summed E-state index contributed by atoms with van der Waals surface area (Å²) in [6.07, 6.45) is 1.84.